The van der Waals surface area contributed by atoms with E-state index in [1.807, 2.05) is 11.0 Å². The highest BCUT2D eigenvalue weighted by Gasteiger charge is 2.30. The molecule has 2 rings (SSSR count). The molecule has 0 atom stereocenters. The van der Waals surface area contributed by atoms with Crippen LogP contribution in [0.25, 0.3) is 0 Å². The van der Waals surface area contributed by atoms with Gasteiger partial charge in [0.05, 0.1) is 22.7 Å². The van der Waals surface area contributed by atoms with E-state index < -0.39 is 5.97 Å². The van der Waals surface area contributed by atoms with Gasteiger partial charge in [-0.25, -0.2) is 0 Å². The van der Waals surface area contributed by atoms with Crippen molar-refractivity contribution in [3.05, 3.63) is 28.8 Å². The van der Waals surface area contributed by atoms with Gasteiger partial charge < -0.3 is 10.0 Å². The number of aliphatic carboxylic acids is 1. The first-order valence-electron chi connectivity index (χ1n) is 5.27. The van der Waals surface area contributed by atoms with E-state index in [0.717, 1.165) is 5.69 Å². The zero-order valence-electron chi connectivity index (χ0n) is 9.06. The van der Waals surface area contributed by atoms with E-state index in [9.17, 15) is 4.79 Å². The number of carboxylic acids is 1. The maximum atomic E-state index is 10.5. The Morgan fingerprint density at radius 3 is 2.88 bits per heavy atom. The number of hydrogen-bond donors (Lipinski definition) is 1. The number of carboxylic acid groups (broad SMARTS) is 1. The fraction of sp³-hybridized carbons (Fsp3) is 0.333. The van der Waals surface area contributed by atoms with Crippen LogP contribution in [0.15, 0.2) is 18.2 Å². The maximum absolute atomic E-state index is 10.5. The third-order valence-corrected chi connectivity index (χ3v) is 3.18. The van der Waals surface area contributed by atoms with Crippen molar-refractivity contribution in [1.82, 2.24) is 0 Å². The Morgan fingerprint density at radius 2 is 2.29 bits per heavy atom. The Kier molecular flexibility index (Phi) is 3.21. The molecule has 1 N–H and O–H groups in total. The van der Waals surface area contributed by atoms with Crippen molar-refractivity contribution in [2.24, 2.45) is 5.92 Å². The molecule has 1 aromatic rings. The molecule has 1 aliphatic heterocycles. The molecule has 17 heavy (non-hydrogen) atoms. The minimum absolute atomic E-state index is 0.165. The Hall–Kier alpha value is -1.73. The van der Waals surface area contributed by atoms with Gasteiger partial charge in [0, 0.05) is 19.0 Å². The van der Waals surface area contributed by atoms with Crippen LogP contribution in [0, 0.1) is 17.2 Å². The predicted molar refractivity (Wildman–Crippen MR) is 64.1 cm³/mol. The standard InChI is InChI=1S/C12H11ClN2O2/c13-10-2-1-3-11(9(10)5-14)15-6-8(7-15)4-12(16)17/h1-3,8H,4,6-7H2,(H,16,17). The molecule has 88 valence electrons. The van der Waals surface area contributed by atoms with Crippen LogP contribution in [-0.4, -0.2) is 24.2 Å². The van der Waals surface area contributed by atoms with Gasteiger partial charge in [0.15, 0.2) is 0 Å². The Morgan fingerprint density at radius 1 is 1.59 bits per heavy atom. The largest absolute Gasteiger partial charge is 0.481 e. The summed E-state index contributed by atoms with van der Waals surface area (Å²) < 4.78 is 0. The maximum Gasteiger partial charge on any atom is 0.303 e. The third kappa shape index (κ3) is 2.34. The molecule has 0 bridgehead atoms. The molecule has 0 amide bonds. The van der Waals surface area contributed by atoms with Gasteiger partial charge >= 0.3 is 5.97 Å². The summed E-state index contributed by atoms with van der Waals surface area (Å²) in [5.41, 5.74) is 1.25. The fourth-order valence-electron chi connectivity index (χ4n) is 2.03. The van der Waals surface area contributed by atoms with E-state index in [4.69, 9.17) is 22.0 Å². The number of rotatable bonds is 3. The molecular weight excluding hydrogens is 240 g/mol. The van der Waals surface area contributed by atoms with Crippen LogP contribution in [0.2, 0.25) is 5.02 Å². The van der Waals surface area contributed by atoms with E-state index >= 15 is 0 Å². The Bertz CT molecular complexity index is 490. The second kappa shape index (κ2) is 4.64. The van der Waals surface area contributed by atoms with E-state index in [1.54, 1.807) is 12.1 Å². The molecular formula is C12H11ClN2O2. The Labute approximate surface area is 104 Å². The molecule has 1 aromatic carbocycles. The van der Waals surface area contributed by atoms with Gasteiger partial charge in [0.25, 0.3) is 0 Å². The third-order valence-electron chi connectivity index (χ3n) is 2.86. The molecule has 1 heterocycles. The zero-order valence-corrected chi connectivity index (χ0v) is 9.81. The van der Waals surface area contributed by atoms with E-state index in [2.05, 4.69) is 6.07 Å². The van der Waals surface area contributed by atoms with Gasteiger partial charge in [-0.2, -0.15) is 5.26 Å². The van der Waals surface area contributed by atoms with Gasteiger partial charge in [-0.3, -0.25) is 4.79 Å². The summed E-state index contributed by atoms with van der Waals surface area (Å²) in [6.07, 6.45) is 0.180. The van der Waals surface area contributed by atoms with Crippen LogP contribution >= 0.6 is 11.6 Å². The summed E-state index contributed by atoms with van der Waals surface area (Å²) in [5.74, 6) is -0.612. The Balaban J connectivity index is 2.09. The first-order chi connectivity index (χ1) is 8.11. The molecule has 0 aliphatic carbocycles. The molecule has 1 saturated heterocycles. The topological polar surface area (TPSA) is 64.3 Å². The highest BCUT2D eigenvalue weighted by Crippen LogP contribution is 2.32. The molecule has 1 aliphatic rings. The van der Waals surface area contributed by atoms with Crippen LogP contribution in [0.1, 0.15) is 12.0 Å². The van der Waals surface area contributed by atoms with Crippen molar-refractivity contribution in [2.75, 3.05) is 18.0 Å². The lowest BCUT2D eigenvalue weighted by Crippen LogP contribution is -2.47. The van der Waals surface area contributed by atoms with Crippen LogP contribution in [-0.2, 0) is 4.79 Å². The molecule has 4 nitrogen and oxygen atoms in total. The number of hydrogen-bond acceptors (Lipinski definition) is 3. The fourth-order valence-corrected chi connectivity index (χ4v) is 2.24. The molecule has 0 radical (unpaired) electrons. The second-order valence-corrected chi connectivity index (χ2v) is 4.52. The average Bonchev–Trinajstić information content (AvgIpc) is 2.22. The minimum Gasteiger partial charge on any atom is -0.481 e. The quantitative estimate of drug-likeness (QED) is 0.893. The SMILES string of the molecule is N#Cc1c(Cl)cccc1N1CC(CC(=O)O)C1. The van der Waals surface area contributed by atoms with Crippen molar-refractivity contribution in [3.63, 3.8) is 0 Å². The number of halogens is 1. The van der Waals surface area contributed by atoms with Crippen molar-refractivity contribution < 1.29 is 9.90 Å². The summed E-state index contributed by atoms with van der Waals surface area (Å²) in [7, 11) is 0. The van der Waals surface area contributed by atoms with Gasteiger partial charge in [-0.15, -0.1) is 0 Å². The van der Waals surface area contributed by atoms with Gasteiger partial charge in [0.2, 0.25) is 0 Å². The summed E-state index contributed by atoms with van der Waals surface area (Å²) in [6.45, 7) is 1.34. The number of nitrogens with zero attached hydrogens (tertiary/aromatic N) is 2. The summed E-state index contributed by atoms with van der Waals surface area (Å²) in [4.78, 5) is 12.5. The average molecular weight is 251 g/mol. The van der Waals surface area contributed by atoms with Gasteiger partial charge in [0.1, 0.15) is 6.07 Å². The smallest absolute Gasteiger partial charge is 0.303 e. The normalized spacial score (nSPS) is 15.2. The molecule has 0 aromatic heterocycles. The van der Waals surface area contributed by atoms with Crippen LogP contribution in [0.5, 0.6) is 0 Å². The van der Waals surface area contributed by atoms with Crippen molar-refractivity contribution in [1.29, 1.82) is 5.26 Å². The zero-order chi connectivity index (χ0) is 12.4. The molecule has 0 saturated carbocycles. The molecule has 0 unspecified atom stereocenters. The number of nitriles is 1. The van der Waals surface area contributed by atoms with E-state index in [-0.39, 0.29) is 12.3 Å². The van der Waals surface area contributed by atoms with E-state index in [0.29, 0.717) is 23.7 Å². The summed E-state index contributed by atoms with van der Waals surface area (Å²) >= 11 is 5.93. The first-order valence-corrected chi connectivity index (χ1v) is 5.65. The monoisotopic (exact) mass is 250 g/mol. The lowest BCUT2D eigenvalue weighted by atomic mass is 9.95. The molecule has 1 fully saturated rings. The van der Waals surface area contributed by atoms with Gasteiger partial charge in [-0.1, -0.05) is 17.7 Å². The van der Waals surface area contributed by atoms with Crippen molar-refractivity contribution in [2.45, 2.75) is 6.42 Å². The van der Waals surface area contributed by atoms with Crippen LogP contribution < -0.4 is 4.90 Å². The van der Waals surface area contributed by atoms with Crippen LogP contribution in [0.4, 0.5) is 5.69 Å². The number of anilines is 1. The number of benzene rings is 1. The number of carbonyl (C=O) groups is 1. The summed E-state index contributed by atoms with van der Waals surface area (Å²) in [5, 5.41) is 18.1. The highest BCUT2D eigenvalue weighted by molar-refractivity contribution is 6.32. The van der Waals surface area contributed by atoms with Crippen LogP contribution in [0.3, 0.4) is 0 Å². The molecule has 5 heteroatoms. The minimum atomic E-state index is -0.777. The first kappa shape index (κ1) is 11.7. The second-order valence-electron chi connectivity index (χ2n) is 4.11. The lowest BCUT2D eigenvalue weighted by Gasteiger charge is -2.40. The van der Waals surface area contributed by atoms with Crippen molar-refractivity contribution >= 4 is 23.3 Å². The van der Waals surface area contributed by atoms with Crippen molar-refractivity contribution in [3.8, 4) is 6.07 Å². The highest BCUT2D eigenvalue weighted by atomic mass is 35.5. The van der Waals surface area contributed by atoms with E-state index in [1.165, 1.54) is 0 Å². The molecule has 0 spiro atoms. The summed E-state index contributed by atoms with van der Waals surface area (Å²) in [6, 6.07) is 7.39. The lowest BCUT2D eigenvalue weighted by molar-refractivity contribution is -0.138. The predicted octanol–water partition coefficient (Wildman–Crippen LogP) is 2.12. The van der Waals surface area contributed by atoms with Gasteiger partial charge in [-0.05, 0) is 12.1 Å².